The zero-order valence-corrected chi connectivity index (χ0v) is 14.2. The van der Waals surface area contributed by atoms with Gasteiger partial charge < -0.3 is 5.11 Å². The summed E-state index contributed by atoms with van der Waals surface area (Å²) in [6.07, 6.45) is 0.406. The van der Waals surface area contributed by atoms with Crippen LogP contribution < -0.4 is 0 Å². The molecule has 0 amide bonds. The number of benzene rings is 1. The van der Waals surface area contributed by atoms with Gasteiger partial charge in [0, 0.05) is 17.2 Å². The summed E-state index contributed by atoms with van der Waals surface area (Å²) < 4.78 is 1.98. The summed E-state index contributed by atoms with van der Waals surface area (Å²) in [4.78, 5) is 1.13. The monoisotopic (exact) mass is 324 g/mol. The molecule has 0 radical (unpaired) electrons. The summed E-state index contributed by atoms with van der Waals surface area (Å²) in [7, 11) is 0. The first-order valence-electron chi connectivity index (χ1n) is 7.21. The molecule has 0 aliphatic carbocycles. The molecule has 1 N–H and O–H groups in total. The van der Waals surface area contributed by atoms with Crippen molar-refractivity contribution in [3.8, 4) is 0 Å². The molecule has 0 fully saturated rings. The third kappa shape index (κ3) is 3.82. The number of aliphatic hydroxyl groups excluding tert-OH is 1. The molecule has 0 bridgehead atoms. The van der Waals surface area contributed by atoms with E-state index in [4.69, 9.17) is 11.6 Å². The van der Waals surface area contributed by atoms with Gasteiger partial charge in [0.2, 0.25) is 0 Å². The molecule has 2 rings (SSSR count). The molecule has 1 atom stereocenters. The predicted molar refractivity (Wildman–Crippen MR) is 88.9 cm³/mol. The standard InChI is InChI=1S/C16H21ClN2OS/c1-4-14-16(17)15(19(5-2)18-14)10-21-13-8-6-7-12(9-13)11(3)20/h6-9,11,20H,4-5,10H2,1-3H3. The highest BCUT2D eigenvalue weighted by molar-refractivity contribution is 7.98. The Morgan fingerprint density at radius 1 is 1.38 bits per heavy atom. The maximum atomic E-state index is 9.65. The second-order valence-corrected chi connectivity index (χ2v) is 6.34. The smallest absolute Gasteiger partial charge is 0.0858 e. The molecular weight excluding hydrogens is 304 g/mol. The number of aromatic nitrogens is 2. The van der Waals surface area contributed by atoms with Crippen molar-refractivity contribution in [2.24, 2.45) is 0 Å². The molecule has 21 heavy (non-hydrogen) atoms. The molecular formula is C16H21ClN2OS. The van der Waals surface area contributed by atoms with Gasteiger partial charge in [-0.1, -0.05) is 30.7 Å². The van der Waals surface area contributed by atoms with Gasteiger partial charge in [-0.25, -0.2) is 0 Å². The molecule has 1 unspecified atom stereocenters. The Kier molecular flexibility index (Phi) is 5.73. The fourth-order valence-electron chi connectivity index (χ4n) is 2.17. The number of aryl methyl sites for hydroxylation is 2. The van der Waals surface area contributed by atoms with E-state index in [9.17, 15) is 5.11 Å². The summed E-state index contributed by atoms with van der Waals surface area (Å²) in [6, 6.07) is 7.99. The van der Waals surface area contributed by atoms with Crippen LogP contribution >= 0.6 is 23.4 Å². The third-order valence-electron chi connectivity index (χ3n) is 3.41. The van der Waals surface area contributed by atoms with Crippen molar-refractivity contribution in [3.05, 3.63) is 46.2 Å². The van der Waals surface area contributed by atoms with Crippen LogP contribution in [-0.2, 0) is 18.7 Å². The Balaban J connectivity index is 2.16. The second-order valence-electron chi connectivity index (χ2n) is 4.91. The quantitative estimate of drug-likeness (QED) is 0.797. The van der Waals surface area contributed by atoms with E-state index >= 15 is 0 Å². The molecule has 5 heteroatoms. The van der Waals surface area contributed by atoms with Crippen molar-refractivity contribution in [1.29, 1.82) is 0 Å². The molecule has 1 aromatic heterocycles. The lowest BCUT2D eigenvalue weighted by Gasteiger charge is -2.08. The van der Waals surface area contributed by atoms with Crippen LogP contribution in [0.15, 0.2) is 29.2 Å². The Hall–Kier alpha value is -0.970. The van der Waals surface area contributed by atoms with Gasteiger partial charge in [-0.05, 0) is 38.0 Å². The van der Waals surface area contributed by atoms with Crippen molar-refractivity contribution in [1.82, 2.24) is 9.78 Å². The lowest BCUT2D eigenvalue weighted by Crippen LogP contribution is -2.02. The minimum atomic E-state index is -0.443. The molecule has 0 saturated carbocycles. The molecule has 0 saturated heterocycles. The first-order valence-corrected chi connectivity index (χ1v) is 8.58. The van der Waals surface area contributed by atoms with Crippen molar-refractivity contribution in [2.45, 2.75) is 50.5 Å². The normalized spacial score (nSPS) is 12.6. The highest BCUT2D eigenvalue weighted by atomic mass is 35.5. The van der Waals surface area contributed by atoms with Crippen molar-refractivity contribution >= 4 is 23.4 Å². The highest BCUT2D eigenvalue weighted by Gasteiger charge is 2.14. The van der Waals surface area contributed by atoms with Crippen LogP contribution in [0.5, 0.6) is 0 Å². The number of thioether (sulfide) groups is 1. The van der Waals surface area contributed by atoms with Gasteiger partial charge in [-0.3, -0.25) is 4.68 Å². The number of aliphatic hydroxyl groups is 1. The predicted octanol–water partition coefficient (Wildman–Crippen LogP) is 4.46. The van der Waals surface area contributed by atoms with Gasteiger partial charge in [0.15, 0.2) is 0 Å². The van der Waals surface area contributed by atoms with Crippen LogP contribution in [0.1, 0.15) is 43.8 Å². The first kappa shape index (κ1) is 16.4. The van der Waals surface area contributed by atoms with Gasteiger partial charge in [0.25, 0.3) is 0 Å². The van der Waals surface area contributed by atoms with E-state index in [2.05, 4.69) is 25.0 Å². The number of hydrogen-bond donors (Lipinski definition) is 1. The van der Waals surface area contributed by atoms with Crippen molar-refractivity contribution in [3.63, 3.8) is 0 Å². The van der Waals surface area contributed by atoms with Gasteiger partial charge >= 0.3 is 0 Å². The largest absolute Gasteiger partial charge is 0.389 e. The lowest BCUT2D eigenvalue weighted by molar-refractivity contribution is 0.199. The van der Waals surface area contributed by atoms with Gasteiger partial charge in [0.05, 0.1) is 22.5 Å². The number of hydrogen-bond acceptors (Lipinski definition) is 3. The van der Waals surface area contributed by atoms with Crippen LogP contribution in [0.3, 0.4) is 0 Å². The van der Waals surface area contributed by atoms with E-state index in [0.717, 1.165) is 45.6 Å². The highest BCUT2D eigenvalue weighted by Crippen LogP contribution is 2.30. The zero-order valence-electron chi connectivity index (χ0n) is 12.6. The molecule has 0 aliphatic rings. The molecule has 1 heterocycles. The third-order valence-corrected chi connectivity index (χ3v) is 4.85. The molecule has 1 aromatic carbocycles. The van der Waals surface area contributed by atoms with Gasteiger partial charge in [0.1, 0.15) is 0 Å². The van der Waals surface area contributed by atoms with E-state index in [1.165, 1.54) is 0 Å². The van der Waals surface area contributed by atoms with Crippen LogP contribution in [0.2, 0.25) is 5.02 Å². The number of rotatable bonds is 6. The second kappa shape index (κ2) is 7.34. The fraction of sp³-hybridized carbons (Fsp3) is 0.438. The average molecular weight is 325 g/mol. The maximum absolute atomic E-state index is 9.65. The summed E-state index contributed by atoms with van der Waals surface area (Å²) in [6.45, 7) is 6.74. The zero-order chi connectivity index (χ0) is 15.4. The average Bonchev–Trinajstić information content (AvgIpc) is 2.81. The van der Waals surface area contributed by atoms with E-state index in [1.807, 2.05) is 22.9 Å². The van der Waals surface area contributed by atoms with E-state index < -0.39 is 6.10 Å². The molecule has 3 nitrogen and oxygen atoms in total. The van der Waals surface area contributed by atoms with Crippen molar-refractivity contribution in [2.75, 3.05) is 0 Å². The summed E-state index contributed by atoms with van der Waals surface area (Å²) in [5.74, 6) is 0.781. The van der Waals surface area contributed by atoms with Crippen LogP contribution in [0.4, 0.5) is 0 Å². The van der Waals surface area contributed by atoms with Crippen LogP contribution in [0, 0.1) is 0 Å². The Bertz CT molecular complexity index is 610. The summed E-state index contributed by atoms with van der Waals surface area (Å²) in [5, 5.41) is 15.0. The van der Waals surface area contributed by atoms with Crippen LogP contribution in [-0.4, -0.2) is 14.9 Å². The fourth-order valence-corrected chi connectivity index (χ4v) is 3.58. The minimum absolute atomic E-state index is 0.443. The summed E-state index contributed by atoms with van der Waals surface area (Å²) >= 11 is 8.14. The topological polar surface area (TPSA) is 38.0 Å². The van der Waals surface area contributed by atoms with E-state index in [-0.39, 0.29) is 0 Å². The Morgan fingerprint density at radius 2 is 2.14 bits per heavy atom. The molecule has 2 aromatic rings. The van der Waals surface area contributed by atoms with Gasteiger partial charge in [-0.2, -0.15) is 5.10 Å². The maximum Gasteiger partial charge on any atom is 0.0858 e. The molecule has 114 valence electrons. The van der Waals surface area contributed by atoms with Crippen molar-refractivity contribution < 1.29 is 5.11 Å². The lowest BCUT2D eigenvalue weighted by atomic mass is 10.1. The van der Waals surface area contributed by atoms with E-state index in [1.54, 1.807) is 18.7 Å². The SMILES string of the molecule is CCc1nn(CC)c(CSc2cccc(C(C)O)c2)c1Cl. The molecule has 0 spiro atoms. The van der Waals surface area contributed by atoms with E-state index in [0.29, 0.717) is 0 Å². The van der Waals surface area contributed by atoms with Gasteiger partial charge in [-0.15, -0.1) is 11.8 Å². The van der Waals surface area contributed by atoms with Crippen LogP contribution in [0.25, 0.3) is 0 Å². The summed E-state index contributed by atoms with van der Waals surface area (Å²) in [5.41, 5.74) is 2.97. The number of halogens is 1. The first-order chi connectivity index (χ1) is 10.1. The Morgan fingerprint density at radius 3 is 2.76 bits per heavy atom. The Labute approximate surface area is 135 Å². The number of nitrogens with zero attached hydrogens (tertiary/aromatic N) is 2. The molecule has 0 aliphatic heterocycles. The minimum Gasteiger partial charge on any atom is -0.389 e.